The van der Waals surface area contributed by atoms with E-state index in [9.17, 15) is 18.3 Å². The molecule has 1 aromatic carbocycles. The van der Waals surface area contributed by atoms with Crippen LogP contribution in [0.4, 0.5) is 0 Å². The van der Waals surface area contributed by atoms with Gasteiger partial charge in [0.1, 0.15) is 5.54 Å². The molecule has 6 heteroatoms. The van der Waals surface area contributed by atoms with Gasteiger partial charge < -0.3 is 5.11 Å². The number of hydrogen-bond donors (Lipinski definition) is 2. The van der Waals surface area contributed by atoms with E-state index in [0.717, 1.165) is 5.56 Å². The summed E-state index contributed by atoms with van der Waals surface area (Å²) in [5.41, 5.74) is 0.677. The summed E-state index contributed by atoms with van der Waals surface area (Å²) in [7, 11) is -3.88. The number of aliphatic carboxylic acids is 1. The predicted molar refractivity (Wildman–Crippen MR) is 77.3 cm³/mol. The number of carboxylic acids is 1. The lowest BCUT2D eigenvalue weighted by Crippen LogP contribution is -2.51. The van der Waals surface area contributed by atoms with Crippen molar-refractivity contribution in [3.63, 3.8) is 0 Å². The van der Waals surface area contributed by atoms with E-state index < -0.39 is 21.5 Å². The summed E-state index contributed by atoms with van der Waals surface area (Å²) in [5, 5.41) is 9.20. The van der Waals surface area contributed by atoms with E-state index in [1.165, 1.54) is 6.92 Å². The topological polar surface area (TPSA) is 83.5 Å². The second kappa shape index (κ2) is 5.54. The first-order chi connectivity index (χ1) is 9.03. The average Bonchev–Trinajstić information content (AvgIpc) is 2.25. The molecule has 112 valence electrons. The van der Waals surface area contributed by atoms with Crippen molar-refractivity contribution in [1.82, 2.24) is 4.72 Å². The van der Waals surface area contributed by atoms with Gasteiger partial charge in [-0.1, -0.05) is 24.6 Å². The number of nitrogens with one attached hydrogen (secondary N) is 1. The van der Waals surface area contributed by atoms with Gasteiger partial charge in [-0.25, -0.2) is 8.42 Å². The van der Waals surface area contributed by atoms with Gasteiger partial charge in [0, 0.05) is 0 Å². The smallest absolute Gasteiger partial charge is 0.324 e. The summed E-state index contributed by atoms with van der Waals surface area (Å²) in [6, 6.07) is 3.54. The van der Waals surface area contributed by atoms with Crippen molar-refractivity contribution in [3.8, 4) is 0 Å². The van der Waals surface area contributed by atoms with Gasteiger partial charge in [0.15, 0.2) is 0 Å². The van der Waals surface area contributed by atoms with Crippen molar-refractivity contribution in [2.45, 2.75) is 51.5 Å². The maximum absolute atomic E-state index is 12.5. The minimum absolute atomic E-state index is 0.157. The summed E-state index contributed by atoms with van der Waals surface area (Å²) < 4.78 is 27.3. The number of carbonyl (C=O) groups is 1. The van der Waals surface area contributed by atoms with Crippen LogP contribution in [0, 0.1) is 20.8 Å². The van der Waals surface area contributed by atoms with Gasteiger partial charge in [0.2, 0.25) is 10.0 Å². The van der Waals surface area contributed by atoms with E-state index in [0.29, 0.717) is 11.1 Å². The third kappa shape index (κ3) is 3.19. The minimum Gasteiger partial charge on any atom is -0.480 e. The highest BCUT2D eigenvalue weighted by molar-refractivity contribution is 7.89. The summed E-state index contributed by atoms with van der Waals surface area (Å²) >= 11 is 0. The number of aryl methyl sites for hydroxylation is 3. The Kier molecular flexibility index (Phi) is 4.61. The van der Waals surface area contributed by atoms with Crippen LogP contribution in [-0.2, 0) is 14.8 Å². The van der Waals surface area contributed by atoms with Crippen molar-refractivity contribution in [1.29, 1.82) is 0 Å². The molecule has 0 heterocycles. The number of hydrogen-bond acceptors (Lipinski definition) is 3. The molecule has 1 atom stereocenters. The molecule has 0 radical (unpaired) electrons. The minimum atomic E-state index is -3.88. The molecule has 0 aliphatic rings. The second-order valence-electron chi connectivity index (χ2n) is 5.32. The SMILES string of the molecule is CCC(C)(NS(=O)(=O)c1c(C)cc(C)cc1C)C(=O)O. The molecule has 0 fully saturated rings. The van der Waals surface area contributed by atoms with Gasteiger partial charge in [-0.05, 0) is 45.2 Å². The summed E-state index contributed by atoms with van der Waals surface area (Å²) in [6.07, 6.45) is 0.158. The number of sulfonamides is 1. The number of benzene rings is 1. The third-order valence-electron chi connectivity index (χ3n) is 3.41. The Labute approximate surface area is 120 Å². The summed E-state index contributed by atoms with van der Waals surface area (Å²) in [6.45, 7) is 8.30. The lowest BCUT2D eigenvalue weighted by molar-refractivity contribution is -0.143. The Morgan fingerprint density at radius 1 is 1.25 bits per heavy atom. The molecule has 0 amide bonds. The molecule has 0 aromatic heterocycles. The third-order valence-corrected chi connectivity index (χ3v) is 5.31. The first kappa shape index (κ1) is 16.7. The largest absolute Gasteiger partial charge is 0.480 e. The van der Waals surface area contributed by atoms with Crippen LogP contribution in [-0.4, -0.2) is 25.0 Å². The molecular formula is C14H21NO4S. The van der Waals surface area contributed by atoms with Crippen molar-refractivity contribution < 1.29 is 18.3 Å². The molecule has 0 bridgehead atoms. The fourth-order valence-corrected chi connectivity index (χ4v) is 4.10. The molecule has 2 N–H and O–H groups in total. The van der Waals surface area contributed by atoms with Crippen molar-refractivity contribution in [2.24, 2.45) is 0 Å². The molecule has 1 aromatic rings. The molecule has 0 aliphatic heterocycles. The van der Waals surface area contributed by atoms with E-state index in [1.807, 2.05) is 6.92 Å². The average molecular weight is 299 g/mol. The predicted octanol–water partition coefficient (Wildman–Crippen LogP) is 2.14. The van der Waals surface area contributed by atoms with E-state index in [1.54, 1.807) is 32.9 Å². The van der Waals surface area contributed by atoms with Gasteiger partial charge in [-0.15, -0.1) is 0 Å². The van der Waals surface area contributed by atoms with Gasteiger partial charge in [-0.2, -0.15) is 4.72 Å². The molecule has 0 aliphatic carbocycles. The van der Waals surface area contributed by atoms with Crippen LogP contribution in [0.3, 0.4) is 0 Å². The zero-order chi connectivity index (χ0) is 15.7. The highest BCUT2D eigenvalue weighted by Gasteiger charge is 2.37. The Bertz CT molecular complexity index is 614. The van der Waals surface area contributed by atoms with Gasteiger partial charge in [-0.3, -0.25) is 4.79 Å². The quantitative estimate of drug-likeness (QED) is 0.872. The number of carboxylic acid groups (broad SMARTS) is 1. The van der Waals surface area contributed by atoms with Crippen LogP contribution in [0.2, 0.25) is 0 Å². The van der Waals surface area contributed by atoms with Crippen LogP contribution in [0.25, 0.3) is 0 Å². The zero-order valence-electron chi connectivity index (χ0n) is 12.4. The molecule has 0 spiro atoms. The molecule has 0 saturated carbocycles. The summed E-state index contributed by atoms with van der Waals surface area (Å²) in [5.74, 6) is -1.19. The molecule has 5 nitrogen and oxygen atoms in total. The highest BCUT2D eigenvalue weighted by atomic mass is 32.2. The van der Waals surface area contributed by atoms with E-state index >= 15 is 0 Å². The maximum Gasteiger partial charge on any atom is 0.324 e. The maximum atomic E-state index is 12.5. The molecule has 0 saturated heterocycles. The first-order valence-electron chi connectivity index (χ1n) is 6.38. The Hall–Kier alpha value is -1.40. The van der Waals surface area contributed by atoms with Gasteiger partial charge in [0.05, 0.1) is 4.90 Å². The van der Waals surface area contributed by atoms with Crippen LogP contribution in [0.5, 0.6) is 0 Å². The van der Waals surface area contributed by atoms with Crippen LogP contribution >= 0.6 is 0 Å². The van der Waals surface area contributed by atoms with Crippen LogP contribution < -0.4 is 4.72 Å². The van der Waals surface area contributed by atoms with Crippen molar-refractivity contribution >= 4 is 16.0 Å². The van der Waals surface area contributed by atoms with E-state index in [2.05, 4.69) is 4.72 Å². The monoisotopic (exact) mass is 299 g/mol. The van der Waals surface area contributed by atoms with Crippen LogP contribution in [0.15, 0.2) is 17.0 Å². The molecule has 1 unspecified atom stereocenters. The highest BCUT2D eigenvalue weighted by Crippen LogP contribution is 2.24. The zero-order valence-corrected chi connectivity index (χ0v) is 13.3. The normalized spacial score (nSPS) is 14.8. The first-order valence-corrected chi connectivity index (χ1v) is 7.87. The van der Waals surface area contributed by atoms with Crippen LogP contribution in [0.1, 0.15) is 37.0 Å². The Balaban J connectivity index is 3.36. The fraction of sp³-hybridized carbons (Fsp3) is 0.500. The Morgan fingerprint density at radius 2 is 1.70 bits per heavy atom. The van der Waals surface area contributed by atoms with Gasteiger partial charge >= 0.3 is 5.97 Å². The van der Waals surface area contributed by atoms with E-state index in [4.69, 9.17) is 0 Å². The molecule has 1 rings (SSSR count). The van der Waals surface area contributed by atoms with Crippen molar-refractivity contribution in [3.05, 3.63) is 28.8 Å². The number of rotatable bonds is 5. The summed E-state index contributed by atoms with van der Waals surface area (Å²) in [4.78, 5) is 11.4. The molecular weight excluding hydrogens is 278 g/mol. The van der Waals surface area contributed by atoms with Crippen molar-refractivity contribution in [2.75, 3.05) is 0 Å². The van der Waals surface area contributed by atoms with Gasteiger partial charge in [0.25, 0.3) is 0 Å². The Morgan fingerprint density at radius 3 is 2.05 bits per heavy atom. The standard InChI is InChI=1S/C14H21NO4S/c1-6-14(5,13(16)17)15-20(18,19)12-10(3)7-9(2)8-11(12)4/h7-8,15H,6H2,1-5H3,(H,16,17). The lowest BCUT2D eigenvalue weighted by Gasteiger charge is -2.25. The molecule has 20 heavy (non-hydrogen) atoms. The fourth-order valence-electron chi connectivity index (χ4n) is 2.21. The second-order valence-corrected chi connectivity index (χ2v) is 6.94. The lowest BCUT2D eigenvalue weighted by atomic mass is 10.0. The van der Waals surface area contributed by atoms with E-state index in [-0.39, 0.29) is 11.3 Å².